The van der Waals surface area contributed by atoms with Crippen molar-refractivity contribution >= 4 is 45.6 Å². The maximum atomic E-state index is 13.2. The number of carbonyl (C=O) groups excluding carboxylic acids is 2. The van der Waals surface area contributed by atoms with Crippen molar-refractivity contribution in [2.24, 2.45) is 5.41 Å². The Balaban J connectivity index is 1.71. The number of hydrogen-bond acceptors (Lipinski definition) is 5. The first-order valence-electron chi connectivity index (χ1n) is 9.45. The maximum Gasteiger partial charge on any atom is 0.433 e. The van der Waals surface area contributed by atoms with Crippen LogP contribution in [0.3, 0.4) is 0 Å². The lowest BCUT2D eigenvalue weighted by molar-refractivity contribution is -0.141. The van der Waals surface area contributed by atoms with Gasteiger partial charge in [-0.25, -0.2) is 4.98 Å². The second-order valence-corrected chi connectivity index (χ2v) is 10.1. The van der Waals surface area contributed by atoms with Crippen LogP contribution in [0.25, 0.3) is 10.8 Å². The number of thioether (sulfide) groups is 1. The van der Waals surface area contributed by atoms with E-state index in [1.54, 1.807) is 36.4 Å². The van der Waals surface area contributed by atoms with Crippen LogP contribution in [-0.2, 0) is 17.5 Å². The molecule has 0 fully saturated rings. The van der Waals surface area contributed by atoms with Gasteiger partial charge >= 0.3 is 6.18 Å². The summed E-state index contributed by atoms with van der Waals surface area (Å²) in [5, 5.41) is 4.00. The number of aromatic nitrogens is 1. The van der Waals surface area contributed by atoms with Crippen LogP contribution in [-0.4, -0.2) is 22.4 Å². The molecule has 0 bridgehead atoms. The lowest BCUT2D eigenvalue weighted by Crippen LogP contribution is -2.34. The minimum Gasteiger partial charge on any atom is -0.351 e. The molecule has 2 aromatic heterocycles. The SMILES string of the molecule is CC(C)(C)C(=O)NCc1ccc(C(=O)CSc2nc(C(F)(F)F)cc3ccccc23)s1. The Morgan fingerprint density at radius 1 is 1.10 bits per heavy atom. The Kier molecular flexibility index (Phi) is 6.76. The third-order valence-electron chi connectivity index (χ3n) is 4.38. The van der Waals surface area contributed by atoms with Crippen molar-refractivity contribution in [1.29, 1.82) is 0 Å². The van der Waals surface area contributed by atoms with Gasteiger partial charge in [0.2, 0.25) is 5.91 Å². The van der Waals surface area contributed by atoms with Gasteiger partial charge in [0.05, 0.1) is 17.2 Å². The summed E-state index contributed by atoms with van der Waals surface area (Å²) in [6.45, 7) is 5.76. The molecular weight excluding hydrogens is 445 g/mol. The average Bonchev–Trinajstić information content (AvgIpc) is 3.17. The van der Waals surface area contributed by atoms with Crippen LogP contribution >= 0.6 is 23.1 Å². The number of ketones is 1. The van der Waals surface area contributed by atoms with Crippen molar-refractivity contribution in [2.75, 3.05) is 5.75 Å². The highest BCUT2D eigenvalue weighted by Gasteiger charge is 2.33. The predicted octanol–water partition coefficient (Wildman–Crippen LogP) is 5.95. The Bertz CT molecular complexity index is 1120. The highest BCUT2D eigenvalue weighted by Crippen LogP contribution is 2.34. The topological polar surface area (TPSA) is 59.1 Å². The van der Waals surface area contributed by atoms with Crippen molar-refractivity contribution in [2.45, 2.75) is 38.5 Å². The van der Waals surface area contributed by atoms with Gasteiger partial charge in [0.25, 0.3) is 0 Å². The highest BCUT2D eigenvalue weighted by atomic mass is 32.2. The summed E-state index contributed by atoms with van der Waals surface area (Å²) < 4.78 is 39.6. The quantitative estimate of drug-likeness (QED) is 0.360. The van der Waals surface area contributed by atoms with Crippen molar-refractivity contribution in [3.63, 3.8) is 0 Å². The van der Waals surface area contributed by atoms with Crippen LogP contribution < -0.4 is 5.32 Å². The highest BCUT2D eigenvalue weighted by molar-refractivity contribution is 8.00. The number of amides is 1. The first kappa shape index (κ1) is 23.3. The Morgan fingerprint density at radius 3 is 2.48 bits per heavy atom. The second kappa shape index (κ2) is 9.00. The number of hydrogen-bond donors (Lipinski definition) is 1. The van der Waals surface area contributed by atoms with E-state index < -0.39 is 17.3 Å². The lowest BCUT2D eigenvalue weighted by Gasteiger charge is -2.17. The van der Waals surface area contributed by atoms with Crippen LogP contribution in [0.4, 0.5) is 13.2 Å². The third kappa shape index (κ3) is 5.86. The number of carbonyl (C=O) groups is 2. The van der Waals surface area contributed by atoms with Gasteiger partial charge in [-0.15, -0.1) is 11.3 Å². The van der Waals surface area contributed by atoms with Gasteiger partial charge in [-0.1, -0.05) is 56.8 Å². The molecular formula is C22H21F3N2O2S2. The van der Waals surface area contributed by atoms with E-state index in [1.807, 2.05) is 20.8 Å². The zero-order valence-corrected chi connectivity index (χ0v) is 18.8. The maximum absolute atomic E-state index is 13.2. The minimum atomic E-state index is -4.57. The average molecular weight is 467 g/mol. The first-order chi connectivity index (χ1) is 14.4. The van der Waals surface area contributed by atoms with Gasteiger partial charge in [0.1, 0.15) is 10.7 Å². The largest absolute Gasteiger partial charge is 0.433 e. The lowest BCUT2D eigenvalue weighted by atomic mass is 9.96. The van der Waals surface area contributed by atoms with Gasteiger partial charge < -0.3 is 5.32 Å². The summed E-state index contributed by atoms with van der Waals surface area (Å²) in [6, 6.07) is 11.1. The Hall–Kier alpha value is -2.39. The fraction of sp³-hybridized carbons (Fsp3) is 0.318. The van der Waals surface area contributed by atoms with Crippen LogP contribution in [0.2, 0.25) is 0 Å². The van der Waals surface area contributed by atoms with E-state index in [0.717, 1.165) is 22.7 Å². The Labute approximate surface area is 186 Å². The van der Waals surface area contributed by atoms with Gasteiger partial charge in [-0.3, -0.25) is 9.59 Å². The Morgan fingerprint density at radius 2 is 1.81 bits per heavy atom. The van der Waals surface area contributed by atoms with E-state index in [9.17, 15) is 22.8 Å². The number of alkyl halides is 3. The normalized spacial score (nSPS) is 12.2. The van der Waals surface area contributed by atoms with Gasteiger partial charge in [0.15, 0.2) is 5.78 Å². The van der Waals surface area contributed by atoms with Gasteiger partial charge in [-0.2, -0.15) is 13.2 Å². The molecule has 0 radical (unpaired) electrons. The molecule has 0 aliphatic carbocycles. The van der Waals surface area contributed by atoms with Crippen LogP contribution in [0.15, 0.2) is 47.5 Å². The first-order valence-corrected chi connectivity index (χ1v) is 11.3. The molecule has 0 saturated carbocycles. The van der Waals surface area contributed by atoms with Crippen LogP contribution in [0.5, 0.6) is 0 Å². The summed E-state index contributed by atoms with van der Waals surface area (Å²) in [4.78, 5) is 29.7. The summed E-state index contributed by atoms with van der Waals surface area (Å²) >= 11 is 2.25. The molecule has 2 heterocycles. The van der Waals surface area contributed by atoms with Crippen molar-refractivity contribution in [3.8, 4) is 0 Å². The minimum absolute atomic E-state index is 0.0351. The molecule has 0 unspecified atom stereocenters. The number of rotatable bonds is 6. The number of thiophene rings is 1. The van der Waals surface area contributed by atoms with E-state index >= 15 is 0 Å². The molecule has 3 rings (SSSR count). The molecule has 1 amide bonds. The van der Waals surface area contributed by atoms with E-state index in [2.05, 4.69) is 10.3 Å². The molecule has 0 aliphatic rings. The number of nitrogens with zero attached hydrogens (tertiary/aromatic N) is 1. The summed E-state index contributed by atoms with van der Waals surface area (Å²) in [6.07, 6.45) is -4.57. The van der Waals surface area contributed by atoms with E-state index in [-0.39, 0.29) is 22.5 Å². The fourth-order valence-electron chi connectivity index (χ4n) is 2.68. The zero-order valence-electron chi connectivity index (χ0n) is 17.2. The molecule has 1 aromatic carbocycles. The number of fused-ring (bicyclic) bond motifs is 1. The number of halogens is 3. The molecule has 1 N–H and O–H groups in total. The predicted molar refractivity (Wildman–Crippen MR) is 117 cm³/mol. The fourth-order valence-corrected chi connectivity index (χ4v) is 4.59. The van der Waals surface area contributed by atoms with E-state index in [1.165, 1.54) is 11.3 Å². The molecule has 4 nitrogen and oxygen atoms in total. The summed E-state index contributed by atoms with van der Waals surface area (Å²) in [5.74, 6) is -0.328. The molecule has 0 atom stereocenters. The van der Waals surface area contributed by atoms with Crippen molar-refractivity contribution in [1.82, 2.24) is 10.3 Å². The van der Waals surface area contributed by atoms with Gasteiger partial charge in [0, 0.05) is 15.7 Å². The van der Waals surface area contributed by atoms with E-state index in [4.69, 9.17) is 0 Å². The third-order valence-corrected chi connectivity index (χ3v) is 6.49. The molecule has 164 valence electrons. The summed E-state index contributed by atoms with van der Waals surface area (Å²) in [5.41, 5.74) is -1.48. The second-order valence-electron chi connectivity index (χ2n) is 7.94. The number of nitrogens with one attached hydrogen (secondary N) is 1. The molecule has 3 aromatic rings. The monoisotopic (exact) mass is 466 g/mol. The molecule has 0 saturated heterocycles. The molecule has 31 heavy (non-hydrogen) atoms. The standard InChI is InChI=1S/C22H21F3N2O2S2/c1-21(2,3)20(29)26-11-14-8-9-17(31-14)16(28)12-30-19-15-7-5-4-6-13(15)10-18(27-19)22(23,24)25/h4-10H,11-12H2,1-3H3,(H,26,29). The number of pyridine rings is 1. The van der Waals surface area contributed by atoms with Gasteiger partial charge in [-0.05, 0) is 23.6 Å². The van der Waals surface area contributed by atoms with Crippen molar-refractivity contribution in [3.05, 3.63) is 57.9 Å². The number of benzene rings is 1. The van der Waals surface area contributed by atoms with E-state index in [0.29, 0.717) is 22.2 Å². The summed E-state index contributed by atoms with van der Waals surface area (Å²) in [7, 11) is 0. The molecule has 0 aliphatic heterocycles. The van der Waals surface area contributed by atoms with Crippen molar-refractivity contribution < 1.29 is 22.8 Å². The van der Waals surface area contributed by atoms with Crippen LogP contribution in [0.1, 0.15) is 41.0 Å². The number of Topliss-reactive ketones (excluding diaryl/α,β-unsaturated/α-hetero) is 1. The zero-order chi connectivity index (χ0) is 22.8. The smallest absolute Gasteiger partial charge is 0.351 e. The molecule has 9 heteroatoms. The molecule has 0 spiro atoms. The van der Waals surface area contributed by atoms with Crippen LogP contribution in [0, 0.1) is 5.41 Å².